The van der Waals surface area contributed by atoms with Gasteiger partial charge in [-0.3, -0.25) is 0 Å². The molecule has 0 bridgehead atoms. The van der Waals surface area contributed by atoms with E-state index >= 15 is 0 Å². The van der Waals surface area contributed by atoms with Crippen molar-refractivity contribution < 1.29 is 13.2 Å². The summed E-state index contributed by atoms with van der Waals surface area (Å²) in [5.41, 5.74) is -0.409. The average molecular weight is 294 g/mol. The molecule has 1 aliphatic rings. The molecule has 4 nitrogen and oxygen atoms in total. The molecule has 1 saturated carbocycles. The van der Waals surface area contributed by atoms with Crippen molar-refractivity contribution >= 4 is 17.5 Å². The fourth-order valence-corrected chi connectivity index (χ4v) is 1.84. The Balaban J connectivity index is 1.76. The Morgan fingerprint density at radius 1 is 1.14 bits per heavy atom. The number of nitrogens with one attached hydrogen (secondary N) is 2. The van der Waals surface area contributed by atoms with Gasteiger partial charge in [0.15, 0.2) is 0 Å². The molecule has 0 spiro atoms. The maximum absolute atomic E-state index is 12.7. The van der Waals surface area contributed by atoms with Crippen LogP contribution in [-0.4, -0.2) is 16.0 Å². The van der Waals surface area contributed by atoms with Crippen molar-refractivity contribution in [3.8, 4) is 0 Å². The van der Waals surface area contributed by atoms with Crippen molar-refractivity contribution in [1.82, 2.24) is 9.97 Å². The van der Waals surface area contributed by atoms with Crippen molar-refractivity contribution in [2.75, 3.05) is 10.6 Å². The molecule has 0 aliphatic heterocycles. The van der Waals surface area contributed by atoms with Crippen LogP contribution in [0, 0.1) is 0 Å². The van der Waals surface area contributed by atoms with Gasteiger partial charge < -0.3 is 10.6 Å². The fraction of sp³-hybridized carbons (Fsp3) is 0.286. The van der Waals surface area contributed by atoms with Gasteiger partial charge in [-0.15, -0.1) is 0 Å². The summed E-state index contributed by atoms with van der Waals surface area (Å²) in [6.45, 7) is 0. The molecule has 3 rings (SSSR count). The van der Waals surface area contributed by atoms with Gasteiger partial charge in [0.05, 0.1) is 5.56 Å². The molecule has 0 amide bonds. The lowest BCUT2D eigenvalue weighted by Gasteiger charge is -2.10. The van der Waals surface area contributed by atoms with E-state index in [0.29, 0.717) is 17.5 Å². The van der Waals surface area contributed by atoms with E-state index in [1.54, 1.807) is 18.3 Å². The molecular weight excluding hydrogens is 281 g/mol. The molecule has 1 heterocycles. The summed E-state index contributed by atoms with van der Waals surface area (Å²) in [6.07, 6.45) is -0.581. The standard InChI is InChI=1S/C14H13F3N4/c15-14(16,17)9-2-1-3-11(8-9)20-13-18-7-6-12(21-13)19-10-4-5-10/h1-3,6-8,10H,4-5H2,(H2,18,19,20,21). The van der Waals surface area contributed by atoms with E-state index in [2.05, 4.69) is 20.6 Å². The molecule has 0 atom stereocenters. The summed E-state index contributed by atoms with van der Waals surface area (Å²) >= 11 is 0. The number of nitrogens with zero attached hydrogens (tertiary/aromatic N) is 2. The third-order valence-electron chi connectivity index (χ3n) is 3.03. The Kier molecular flexibility index (Phi) is 3.40. The second-order valence-corrected chi connectivity index (χ2v) is 4.89. The van der Waals surface area contributed by atoms with Crippen molar-refractivity contribution in [3.63, 3.8) is 0 Å². The van der Waals surface area contributed by atoms with Crippen molar-refractivity contribution in [1.29, 1.82) is 0 Å². The van der Waals surface area contributed by atoms with Crippen LogP contribution in [0.4, 0.5) is 30.6 Å². The van der Waals surface area contributed by atoms with Gasteiger partial charge in [0.2, 0.25) is 5.95 Å². The lowest BCUT2D eigenvalue weighted by atomic mass is 10.2. The smallest absolute Gasteiger partial charge is 0.367 e. The molecule has 7 heteroatoms. The van der Waals surface area contributed by atoms with Gasteiger partial charge in [-0.1, -0.05) is 6.07 Å². The highest BCUT2D eigenvalue weighted by molar-refractivity contribution is 5.56. The SMILES string of the molecule is FC(F)(F)c1cccc(Nc2nccc(NC3CC3)n2)c1. The van der Waals surface area contributed by atoms with Crippen molar-refractivity contribution in [2.24, 2.45) is 0 Å². The molecule has 0 radical (unpaired) electrons. The fourth-order valence-electron chi connectivity index (χ4n) is 1.84. The Labute approximate surface area is 119 Å². The lowest BCUT2D eigenvalue weighted by Crippen LogP contribution is -2.07. The summed E-state index contributed by atoms with van der Waals surface area (Å²) < 4.78 is 38.0. The Morgan fingerprint density at radius 2 is 1.95 bits per heavy atom. The molecule has 2 aromatic rings. The minimum atomic E-state index is -4.37. The van der Waals surface area contributed by atoms with Gasteiger partial charge in [0.25, 0.3) is 0 Å². The van der Waals surface area contributed by atoms with Gasteiger partial charge in [0, 0.05) is 17.9 Å². The largest absolute Gasteiger partial charge is 0.416 e. The maximum Gasteiger partial charge on any atom is 0.416 e. The number of alkyl halides is 3. The molecule has 0 unspecified atom stereocenters. The van der Waals surface area contributed by atoms with Crippen LogP contribution in [0.5, 0.6) is 0 Å². The van der Waals surface area contributed by atoms with Crippen LogP contribution in [0.15, 0.2) is 36.5 Å². The highest BCUT2D eigenvalue weighted by Crippen LogP contribution is 2.31. The first-order chi connectivity index (χ1) is 10.0. The van der Waals surface area contributed by atoms with E-state index in [0.717, 1.165) is 25.0 Å². The number of anilines is 3. The Morgan fingerprint density at radius 3 is 2.67 bits per heavy atom. The second-order valence-electron chi connectivity index (χ2n) is 4.89. The highest BCUT2D eigenvalue weighted by Gasteiger charge is 2.30. The van der Waals surface area contributed by atoms with Crippen LogP contribution in [0.25, 0.3) is 0 Å². The van der Waals surface area contributed by atoms with Gasteiger partial charge in [-0.2, -0.15) is 18.2 Å². The number of rotatable bonds is 4. The van der Waals surface area contributed by atoms with Crippen molar-refractivity contribution in [3.05, 3.63) is 42.1 Å². The Hall–Kier alpha value is -2.31. The zero-order valence-electron chi connectivity index (χ0n) is 11.0. The molecule has 1 aromatic heterocycles. The number of halogens is 3. The molecule has 110 valence electrons. The highest BCUT2D eigenvalue weighted by atomic mass is 19.4. The predicted molar refractivity (Wildman–Crippen MR) is 73.4 cm³/mol. The van der Waals surface area contributed by atoms with E-state index < -0.39 is 11.7 Å². The van der Waals surface area contributed by atoms with Crippen LogP contribution in [0.2, 0.25) is 0 Å². The van der Waals surface area contributed by atoms with Crippen LogP contribution in [0.1, 0.15) is 18.4 Å². The topological polar surface area (TPSA) is 49.8 Å². The summed E-state index contributed by atoms with van der Waals surface area (Å²) in [7, 11) is 0. The Bertz CT molecular complexity index is 638. The minimum Gasteiger partial charge on any atom is -0.367 e. The van der Waals surface area contributed by atoms with Gasteiger partial charge in [0.1, 0.15) is 5.82 Å². The van der Waals surface area contributed by atoms with E-state index in [1.165, 1.54) is 6.07 Å². The molecule has 1 fully saturated rings. The lowest BCUT2D eigenvalue weighted by molar-refractivity contribution is -0.137. The molecule has 0 saturated heterocycles. The molecule has 2 N–H and O–H groups in total. The number of hydrogen-bond donors (Lipinski definition) is 2. The third-order valence-corrected chi connectivity index (χ3v) is 3.03. The zero-order valence-corrected chi connectivity index (χ0v) is 11.0. The number of hydrogen-bond acceptors (Lipinski definition) is 4. The minimum absolute atomic E-state index is 0.264. The summed E-state index contributed by atoms with van der Waals surface area (Å²) in [4.78, 5) is 8.24. The quantitative estimate of drug-likeness (QED) is 0.900. The van der Waals surface area contributed by atoms with Crippen LogP contribution in [-0.2, 0) is 6.18 Å². The van der Waals surface area contributed by atoms with E-state index in [9.17, 15) is 13.2 Å². The molecule has 21 heavy (non-hydrogen) atoms. The van der Waals surface area contributed by atoms with E-state index in [1.807, 2.05) is 0 Å². The summed E-state index contributed by atoms with van der Waals surface area (Å²) in [6, 6.07) is 7.12. The average Bonchev–Trinajstić information content (AvgIpc) is 3.22. The van der Waals surface area contributed by atoms with Gasteiger partial charge in [-0.05, 0) is 37.1 Å². The van der Waals surface area contributed by atoms with E-state index in [4.69, 9.17) is 0 Å². The summed E-state index contributed by atoms with van der Waals surface area (Å²) in [5, 5.41) is 5.99. The van der Waals surface area contributed by atoms with Crippen LogP contribution in [0.3, 0.4) is 0 Å². The van der Waals surface area contributed by atoms with Gasteiger partial charge >= 0.3 is 6.18 Å². The first-order valence-electron chi connectivity index (χ1n) is 6.54. The monoisotopic (exact) mass is 294 g/mol. The van der Waals surface area contributed by atoms with Gasteiger partial charge in [-0.25, -0.2) is 4.98 Å². The first kappa shape index (κ1) is 13.7. The molecular formula is C14H13F3N4. The van der Waals surface area contributed by atoms with Crippen LogP contribution < -0.4 is 10.6 Å². The maximum atomic E-state index is 12.7. The second kappa shape index (κ2) is 5.23. The summed E-state index contributed by atoms with van der Waals surface area (Å²) in [5.74, 6) is 0.932. The first-order valence-corrected chi connectivity index (χ1v) is 6.54. The number of aromatic nitrogens is 2. The van der Waals surface area contributed by atoms with E-state index in [-0.39, 0.29) is 5.95 Å². The van der Waals surface area contributed by atoms with Crippen molar-refractivity contribution in [2.45, 2.75) is 25.1 Å². The molecule has 1 aliphatic carbocycles. The predicted octanol–water partition coefficient (Wildman–Crippen LogP) is 3.81. The van der Waals surface area contributed by atoms with Crippen LogP contribution >= 0.6 is 0 Å². The zero-order chi connectivity index (χ0) is 14.9. The molecule has 1 aromatic carbocycles. The number of benzene rings is 1. The third kappa shape index (κ3) is 3.62. The normalized spacial score (nSPS) is 14.8.